The summed E-state index contributed by atoms with van der Waals surface area (Å²) in [7, 11) is -3.73. The van der Waals surface area contributed by atoms with Crippen LogP contribution < -0.4 is 5.32 Å². The van der Waals surface area contributed by atoms with Crippen LogP contribution in [0.2, 0.25) is 0 Å². The van der Waals surface area contributed by atoms with Gasteiger partial charge in [0.1, 0.15) is 11.6 Å². The average molecular weight is 431 g/mol. The number of carbonyl (C=O) groups is 1. The predicted octanol–water partition coefficient (Wildman–Crippen LogP) is 3.88. The molecule has 0 bridgehead atoms. The third-order valence-corrected chi connectivity index (χ3v) is 6.06. The molecular weight excluding hydrogens is 409 g/mol. The van der Waals surface area contributed by atoms with E-state index in [1.807, 2.05) is 24.3 Å². The molecule has 0 aliphatic heterocycles. The number of anilines is 1. The number of halogens is 1. The zero-order valence-electron chi connectivity index (χ0n) is 16.6. The second kappa shape index (κ2) is 9.17. The molecule has 0 aliphatic rings. The zero-order chi connectivity index (χ0) is 21.7. The fourth-order valence-corrected chi connectivity index (χ4v) is 3.92. The molecule has 0 atom stereocenters. The van der Waals surface area contributed by atoms with Crippen molar-refractivity contribution in [1.82, 2.24) is 10.1 Å². The molecule has 9 heteroatoms. The van der Waals surface area contributed by atoms with Crippen molar-refractivity contribution in [3.8, 4) is 0 Å². The minimum Gasteiger partial charge on any atom is -0.339 e. The van der Waals surface area contributed by atoms with Crippen LogP contribution in [0, 0.1) is 5.82 Å². The van der Waals surface area contributed by atoms with Crippen molar-refractivity contribution in [2.24, 2.45) is 0 Å². The van der Waals surface area contributed by atoms with Gasteiger partial charge in [-0.15, -0.1) is 0 Å². The number of aryl methyl sites for hydroxylation is 1. The standard InChI is InChI=1S/C21H22FN3O4S/c1-14(2)15-3-7-17(8-4-15)23-20(26)11-12-21-24-19(25-29-21)13-30(27,28)18-9-5-16(22)6-10-18/h3-10,14H,11-13H2,1-2H3,(H,23,26). The zero-order valence-corrected chi connectivity index (χ0v) is 17.4. The Morgan fingerprint density at radius 1 is 1.10 bits per heavy atom. The van der Waals surface area contributed by atoms with Gasteiger partial charge in [0.05, 0.1) is 4.90 Å². The molecule has 1 N–H and O–H groups in total. The van der Waals surface area contributed by atoms with E-state index in [-0.39, 0.29) is 35.4 Å². The summed E-state index contributed by atoms with van der Waals surface area (Å²) >= 11 is 0. The van der Waals surface area contributed by atoms with Crippen molar-refractivity contribution in [2.75, 3.05) is 5.32 Å². The van der Waals surface area contributed by atoms with Gasteiger partial charge >= 0.3 is 0 Å². The Balaban J connectivity index is 1.53. The Bertz CT molecular complexity index is 1110. The molecule has 3 aromatic rings. The number of aromatic nitrogens is 2. The lowest BCUT2D eigenvalue weighted by molar-refractivity contribution is -0.116. The molecule has 0 saturated carbocycles. The number of amides is 1. The summed E-state index contributed by atoms with van der Waals surface area (Å²) in [5.74, 6) is -0.649. The van der Waals surface area contributed by atoms with Crippen LogP contribution in [0.15, 0.2) is 57.9 Å². The second-order valence-electron chi connectivity index (χ2n) is 7.14. The van der Waals surface area contributed by atoms with E-state index in [1.165, 1.54) is 17.7 Å². The van der Waals surface area contributed by atoms with Crippen molar-refractivity contribution >= 4 is 21.4 Å². The molecule has 1 heterocycles. The third-order valence-electron chi connectivity index (χ3n) is 4.43. The van der Waals surface area contributed by atoms with Crippen LogP contribution in [-0.2, 0) is 26.8 Å². The lowest BCUT2D eigenvalue weighted by Crippen LogP contribution is -2.12. The van der Waals surface area contributed by atoms with Crippen LogP contribution in [0.3, 0.4) is 0 Å². The van der Waals surface area contributed by atoms with Gasteiger partial charge in [-0.3, -0.25) is 4.79 Å². The van der Waals surface area contributed by atoms with Gasteiger partial charge in [0.15, 0.2) is 15.7 Å². The molecule has 0 unspecified atom stereocenters. The first-order valence-electron chi connectivity index (χ1n) is 9.42. The van der Waals surface area contributed by atoms with Crippen LogP contribution >= 0.6 is 0 Å². The number of benzene rings is 2. The molecule has 0 spiro atoms. The van der Waals surface area contributed by atoms with E-state index in [0.29, 0.717) is 11.6 Å². The van der Waals surface area contributed by atoms with Gasteiger partial charge in [0.2, 0.25) is 11.8 Å². The highest BCUT2D eigenvalue weighted by atomic mass is 32.2. The number of hydrogen-bond donors (Lipinski definition) is 1. The normalized spacial score (nSPS) is 11.6. The molecule has 2 aromatic carbocycles. The number of hydrogen-bond acceptors (Lipinski definition) is 6. The molecule has 30 heavy (non-hydrogen) atoms. The quantitative estimate of drug-likeness (QED) is 0.543. The molecule has 0 fully saturated rings. The van der Waals surface area contributed by atoms with E-state index < -0.39 is 21.4 Å². The minimum atomic E-state index is -3.73. The topological polar surface area (TPSA) is 102 Å². The summed E-state index contributed by atoms with van der Waals surface area (Å²) in [6.45, 7) is 4.19. The van der Waals surface area contributed by atoms with E-state index in [1.54, 1.807) is 0 Å². The Hall–Kier alpha value is -3.07. The maximum Gasteiger partial charge on any atom is 0.227 e. The SMILES string of the molecule is CC(C)c1ccc(NC(=O)CCc2nc(CS(=O)(=O)c3ccc(F)cc3)no2)cc1. The lowest BCUT2D eigenvalue weighted by atomic mass is 10.0. The molecular formula is C21H22FN3O4S. The monoisotopic (exact) mass is 431 g/mol. The molecule has 7 nitrogen and oxygen atoms in total. The fraction of sp³-hybridized carbons (Fsp3) is 0.286. The van der Waals surface area contributed by atoms with Gasteiger partial charge in [-0.25, -0.2) is 12.8 Å². The molecule has 0 saturated heterocycles. The Morgan fingerprint density at radius 2 is 1.77 bits per heavy atom. The molecule has 0 radical (unpaired) electrons. The van der Waals surface area contributed by atoms with Gasteiger partial charge in [-0.2, -0.15) is 4.98 Å². The van der Waals surface area contributed by atoms with E-state index >= 15 is 0 Å². The summed E-state index contributed by atoms with van der Waals surface area (Å²) in [6, 6.07) is 12.1. The summed E-state index contributed by atoms with van der Waals surface area (Å²) < 4.78 is 42.7. The predicted molar refractivity (Wildman–Crippen MR) is 109 cm³/mol. The summed E-state index contributed by atoms with van der Waals surface area (Å²) in [4.78, 5) is 16.1. The van der Waals surface area contributed by atoms with Crippen LogP contribution in [0.5, 0.6) is 0 Å². The summed E-state index contributed by atoms with van der Waals surface area (Å²) in [5.41, 5.74) is 1.88. The second-order valence-corrected chi connectivity index (χ2v) is 9.13. The van der Waals surface area contributed by atoms with Gasteiger partial charge in [0.25, 0.3) is 0 Å². The highest BCUT2D eigenvalue weighted by Crippen LogP contribution is 2.18. The van der Waals surface area contributed by atoms with Crippen LogP contribution in [0.4, 0.5) is 10.1 Å². The van der Waals surface area contributed by atoms with Gasteiger partial charge in [-0.1, -0.05) is 31.1 Å². The first-order valence-corrected chi connectivity index (χ1v) is 11.1. The number of sulfone groups is 1. The molecule has 3 rings (SSSR count). The summed E-state index contributed by atoms with van der Waals surface area (Å²) in [5, 5.41) is 6.46. The first-order chi connectivity index (χ1) is 14.2. The Labute approximate surface area is 174 Å². The fourth-order valence-electron chi connectivity index (χ4n) is 2.74. The van der Waals surface area contributed by atoms with Crippen LogP contribution in [0.1, 0.15) is 43.5 Å². The van der Waals surface area contributed by atoms with Crippen LogP contribution in [0.25, 0.3) is 0 Å². The minimum absolute atomic E-state index is 0.0148. The van der Waals surface area contributed by atoms with E-state index in [9.17, 15) is 17.6 Å². The van der Waals surface area contributed by atoms with E-state index in [2.05, 4.69) is 29.3 Å². The van der Waals surface area contributed by atoms with Crippen molar-refractivity contribution in [3.05, 3.63) is 71.6 Å². The van der Waals surface area contributed by atoms with Gasteiger partial charge in [0, 0.05) is 18.5 Å². The third kappa shape index (κ3) is 5.73. The van der Waals surface area contributed by atoms with Crippen molar-refractivity contribution in [2.45, 2.75) is 43.3 Å². The first kappa shape index (κ1) is 21.6. The van der Waals surface area contributed by atoms with Crippen molar-refractivity contribution in [3.63, 3.8) is 0 Å². The largest absolute Gasteiger partial charge is 0.339 e. The van der Waals surface area contributed by atoms with Crippen LogP contribution in [-0.4, -0.2) is 24.5 Å². The number of rotatable bonds is 8. The van der Waals surface area contributed by atoms with E-state index in [4.69, 9.17) is 4.52 Å². The van der Waals surface area contributed by atoms with Crippen molar-refractivity contribution in [1.29, 1.82) is 0 Å². The summed E-state index contributed by atoms with van der Waals surface area (Å²) in [6.07, 6.45) is 0.289. The van der Waals surface area contributed by atoms with E-state index in [0.717, 1.165) is 12.1 Å². The Morgan fingerprint density at radius 3 is 2.40 bits per heavy atom. The highest BCUT2D eigenvalue weighted by molar-refractivity contribution is 7.90. The molecule has 1 aromatic heterocycles. The molecule has 158 valence electrons. The maximum absolute atomic E-state index is 13.0. The van der Waals surface area contributed by atoms with Gasteiger partial charge in [-0.05, 0) is 47.9 Å². The molecule has 0 aliphatic carbocycles. The lowest BCUT2D eigenvalue weighted by Gasteiger charge is -2.08. The van der Waals surface area contributed by atoms with Gasteiger partial charge < -0.3 is 9.84 Å². The molecule has 1 amide bonds. The number of nitrogens with zero attached hydrogens (tertiary/aromatic N) is 2. The number of nitrogens with one attached hydrogen (secondary N) is 1. The average Bonchev–Trinajstić information content (AvgIpc) is 3.14. The number of carbonyl (C=O) groups excluding carboxylic acids is 1. The maximum atomic E-state index is 13.0. The smallest absolute Gasteiger partial charge is 0.227 e. The van der Waals surface area contributed by atoms with Crippen molar-refractivity contribution < 1.29 is 22.1 Å². The highest BCUT2D eigenvalue weighted by Gasteiger charge is 2.19. The Kier molecular flexibility index (Phi) is 6.61.